The van der Waals surface area contributed by atoms with Crippen molar-refractivity contribution in [1.82, 2.24) is 0 Å². The Hall–Kier alpha value is 0.170. The van der Waals surface area contributed by atoms with Crippen LogP contribution >= 0.6 is 24.4 Å². The van der Waals surface area contributed by atoms with Crippen LogP contribution in [-0.4, -0.2) is 21.9 Å². The van der Waals surface area contributed by atoms with Crippen LogP contribution in [-0.2, 0) is 4.79 Å². The van der Waals surface area contributed by atoms with Crippen molar-refractivity contribution in [1.29, 1.82) is 0 Å². The third-order valence-corrected chi connectivity index (χ3v) is 2.78. The summed E-state index contributed by atoms with van der Waals surface area (Å²) < 4.78 is 0.291. The molecule has 0 aliphatic carbocycles. The highest BCUT2D eigenvalue weighted by Gasteiger charge is 2.01. The summed E-state index contributed by atoms with van der Waals surface area (Å²) in [4.78, 5) is 10.0. The standard InChI is InChI=1S/C6H12O2S2/c1-10-6(9)4-2-3-5(7)8/h6,9H,2-4H2,1H3,(H,7,8). The first-order valence-corrected chi connectivity index (χ1v) is 4.90. The number of aliphatic carboxylic acids is 1. The molecule has 60 valence electrons. The quantitative estimate of drug-likeness (QED) is 0.501. The molecule has 0 amide bonds. The van der Waals surface area contributed by atoms with Crippen LogP contribution < -0.4 is 0 Å². The fraction of sp³-hybridized carbons (Fsp3) is 0.833. The van der Waals surface area contributed by atoms with E-state index in [0.717, 1.165) is 12.8 Å². The number of thioether (sulfide) groups is 1. The van der Waals surface area contributed by atoms with Crippen molar-refractivity contribution in [2.45, 2.75) is 23.8 Å². The Kier molecular flexibility index (Phi) is 6.02. The summed E-state index contributed by atoms with van der Waals surface area (Å²) in [6.07, 6.45) is 3.83. The van der Waals surface area contributed by atoms with Crippen LogP contribution in [0.2, 0.25) is 0 Å². The monoisotopic (exact) mass is 180 g/mol. The van der Waals surface area contributed by atoms with Gasteiger partial charge in [0.05, 0.1) is 0 Å². The second kappa shape index (κ2) is 5.92. The lowest BCUT2D eigenvalue weighted by molar-refractivity contribution is -0.137. The molecule has 0 aliphatic rings. The van der Waals surface area contributed by atoms with Gasteiger partial charge in [-0.15, -0.1) is 0 Å². The molecule has 0 radical (unpaired) electrons. The summed E-state index contributed by atoms with van der Waals surface area (Å²) in [5.74, 6) is -0.721. The lowest BCUT2D eigenvalue weighted by atomic mass is 10.2. The number of thiol groups is 1. The van der Waals surface area contributed by atoms with Crippen molar-refractivity contribution in [3.05, 3.63) is 0 Å². The van der Waals surface area contributed by atoms with Crippen LogP contribution in [0.4, 0.5) is 0 Å². The molecule has 0 spiro atoms. The molecule has 0 saturated carbocycles. The number of carboxylic acid groups (broad SMARTS) is 1. The predicted octanol–water partition coefficient (Wildman–Crippen LogP) is 1.86. The van der Waals surface area contributed by atoms with Crippen molar-refractivity contribution in [2.24, 2.45) is 0 Å². The highest BCUT2D eigenvalue weighted by Crippen LogP contribution is 2.17. The molecule has 10 heavy (non-hydrogen) atoms. The van der Waals surface area contributed by atoms with Crippen molar-refractivity contribution >= 4 is 30.4 Å². The van der Waals surface area contributed by atoms with Crippen LogP contribution in [0, 0.1) is 0 Å². The van der Waals surface area contributed by atoms with E-state index in [4.69, 9.17) is 5.11 Å². The van der Waals surface area contributed by atoms with Crippen LogP contribution in [0.1, 0.15) is 19.3 Å². The van der Waals surface area contributed by atoms with Crippen molar-refractivity contribution in [2.75, 3.05) is 6.26 Å². The second-order valence-electron chi connectivity index (χ2n) is 1.98. The maximum Gasteiger partial charge on any atom is 0.303 e. The maximum atomic E-state index is 10.0. The molecular formula is C6H12O2S2. The van der Waals surface area contributed by atoms with Crippen molar-refractivity contribution < 1.29 is 9.90 Å². The fourth-order valence-electron chi connectivity index (χ4n) is 0.546. The fourth-order valence-corrected chi connectivity index (χ4v) is 1.13. The van der Waals surface area contributed by atoms with Gasteiger partial charge in [0, 0.05) is 11.0 Å². The molecule has 0 bridgehead atoms. The van der Waals surface area contributed by atoms with Gasteiger partial charge in [-0.3, -0.25) is 4.79 Å². The lowest BCUT2D eigenvalue weighted by Crippen LogP contribution is -1.97. The van der Waals surface area contributed by atoms with E-state index in [9.17, 15) is 4.79 Å². The van der Waals surface area contributed by atoms with Gasteiger partial charge in [-0.05, 0) is 19.1 Å². The van der Waals surface area contributed by atoms with E-state index in [-0.39, 0.29) is 6.42 Å². The molecule has 0 aromatic carbocycles. The van der Waals surface area contributed by atoms with E-state index < -0.39 is 5.97 Å². The summed E-state index contributed by atoms with van der Waals surface area (Å²) in [5, 5.41) is 8.27. The molecule has 0 saturated heterocycles. The molecular weight excluding hydrogens is 168 g/mol. The molecule has 0 heterocycles. The van der Waals surface area contributed by atoms with Gasteiger partial charge >= 0.3 is 5.97 Å². The molecule has 0 fully saturated rings. The molecule has 0 aromatic heterocycles. The van der Waals surface area contributed by atoms with E-state index in [0.29, 0.717) is 4.58 Å². The summed E-state index contributed by atoms with van der Waals surface area (Å²) in [5.41, 5.74) is 0. The van der Waals surface area contributed by atoms with Gasteiger partial charge in [-0.2, -0.15) is 24.4 Å². The average Bonchev–Trinajstić information content (AvgIpc) is 1.87. The van der Waals surface area contributed by atoms with Gasteiger partial charge in [0.2, 0.25) is 0 Å². The Bertz CT molecular complexity index is 106. The van der Waals surface area contributed by atoms with Gasteiger partial charge in [-0.25, -0.2) is 0 Å². The van der Waals surface area contributed by atoms with Gasteiger partial charge in [0.15, 0.2) is 0 Å². The number of carbonyl (C=O) groups is 1. The number of hydrogen-bond acceptors (Lipinski definition) is 3. The first kappa shape index (κ1) is 10.2. The van der Waals surface area contributed by atoms with E-state index >= 15 is 0 Å². The largest absolute Gasteiger partial charge is 0.481 e. The number of hydrogen-bond donors (Lipinski definition) is 2. The Morgan fingerprint density at radius 2 is 2.40 bits per heavy atom. The van der Waals surface area contributed by atoms with Crippen LogP contribution in [0.5, 0.6) is 0 Å². The minimum absolute atomic E-state index is 0.262. The first-order valence-electron chi connectivity index (χ1n) is 3.09. The zero-order chi connectivity index (χ0) is 7.98. The normalized spacial score (nSPS) is 13.0. The minimum Gasteiger partial charge on any atom is -0.481 e. The molecule has 4 heteroatoms. The lowest BCUT2D eigenvalue weighted by Gasteiger charge is -2.03. The Morgan fingerprint density at radius 3 is 2.80 bits per heavy atom. The molecule has 1 unspecified atom stereocenters. The molecule has 0 aliphatic heterocycles. The van der Waals surface area contributed by atoms with E-state index in [2.05, 4.69) is 12.6 Å². The highest BCUT2D eigenvalue weighted by molar-refractivity contribution is 8.09. The zero-order valence-electron chi connectivity index (χ0n) is 5.91. The third-order valence-electron chi connectivity index (χ3n) is 1.11. The Labute approximate surface area is 70.8 Å². The first-order chi connectivity index (χ1) is 4.66. The predicted molar refractivity (Wildman–Crippen MR) is 47.8 cm³/mol. The summed E-state index contributed by atoms with van der Waals surface area (Å²) >= 11 is 5.85. The van der Waals surface area contributed by atoms with Crippen molar-refractivity contribution in [3.8, 4) is 0 Å². The Balaban J connectivity index is 3.11. The topological polar surface area (TPSA) is 37.3 Å². The highest BCUT2D eigenvalue weighted by atomic mass is 32.2. The summed E-state index contributed by atoms with van der Waals surface area (Å²) in [7, 11) is 0. The van der Waals surface area contributed by atoms with Crippen LogP contribution in [0.25, 0.3) is 0 Å². The smallest absolute Gasteiger partial charge is 0.303 e. The number of carboxylic acids is 1. The van der Waals surface area contributed by atoms with Crippen molar-refractivity contribution in [3.63, 3.8) is 0 Å². The van der Waals surface area contributed by atoms with Gasteiger partial charge < -0.3 is 5.11 Å². The summed E-state index contributed by atoms with van der Waals surface area (Å²) in [6, 6.07) is 0. The molecule has 0 aromatic rings. The third kappa shape index (κ3) is 6.29. The molecule has 2 nitrogen and oxygen atoms in total. The SMILES string of the molecule is CSC(S)CCCC(=O)O. The average molecular weight is 180 g/mol. The zero-order valence-corrected chi connectivity index (χ0v) is 7.62. The van der Waals surface area contributed by atoms with Gasteiger partial charge in [-0.1, -0.05) is 0 Å². The Morgan fingerprint density at radius 1 is 1.80 bits per heavy atom. The van der Waals surface area contributed by atoms with Crippen LogP contribution in [0.3, 0.4) is 0 Å². The van der Waals surface area contributed by atoms with Crippen LogP contribution in [0.15, 0.2) is 0 Å². The van der Waals surface area contributed by atoms with Gasteiger partial charge in [0.1, 0.15) is 0 Å². The van der Waals surface area contributed by atoms with E-state index in [1.165, 1.54) is 0 Å². The molecule has 1 N–H and O–H groups in total. The van der Waals surface area contributed by atoms with E-state index in [1.807, 2.05) is 6.26 Å². The summed E-state index contributed by atoms with van der Waals surface area (Å²) in [6.45, 7) is 0. The maximum absolute atomic E-state index is 10.0. The second-order valence-corrected chi connectivity index (χ2v) is 3.99. The molecule has 0 rings (SSSR count). The molecule has 1 atom stereocenters. The number of rotatable bonds is 5. The van der Waals surface area contributed by atoms with Gasteiger partial charge in [0.25, 0.3) is 0 Å². The van der Waals surface area contributed by atoms with E-state index in [1.54, 1.807) is 11.8 Å². The minimum atomic E-state index is -0.721.